The van der Waals surface area contributed by atoms with Gasteiger partial charge in [-0.3, -0.25) is 4.79 Å². The minimum Gasteiger partial charge on any atom is -0.493 e. The third-order valence-corrected chi connectivity index (χ3v) is 4.41. The van der Waals surface area contributed by atoms with Crippen molar-refractivity contribution in [1.29, 1.82) is 0 Å². The molecule has 1 amide bonds. The smallest absolute Gasteiger partial charge is 0.237 e. The minimum absolute atomic E-state index is 0.0576. The summed E-state index contributed by atoms with van der Waals surface area (Å²) in [6, 6.07) is 16.9. The Balaban J connectivity index is 1.71. The zero-order chi connectivity index (χ0) is 15.8. The van der Waals surface area contributed by atoms with Gasteiger partial charge in [0.25, 0.3) is 0 Å². The first-order valence-electron chi connectivity index (χ1n) is 7.01. The normalized spacial score (nSPS) is 11.7. The SMILES string of the molecule is CC(SCCOc1ccccc1)C(=O)Nc1ccccc1Cl. The van der Waals surface area contributed by atoms with E-state index in [2.05, 4.69) is 5.32 Å². The summed E-state index contributed by atoms with van der Waals surface area (Å²) in [5.74, 6) is 1.53. The summed E-state index contributed by atoms with van der Waals surface area (Å²) < 4.78 is 5.60. The van der Waals surface area contributed by atoms with E-state index < -0.39 is 0 Å². The largest absolute Gasteiger partial charge is 0.493 e. The van der Waals surface area contributed by atoms with Gasteiger partial charge in [-0.25, -0.2) is 0 Å². The summed E-state index contributed by atoms with van der Waals surface area (Å²) in [4.78, 5) is 12.1. The maximum Gasteiger partial charge on any atom is 0.237 e. The monoisotopic (exact) mass is 335 g/mol. The van der Waals surface area contributed by atoms with Gasteiger partial charge in [-0.05, 0) is 31.2 Å². The summed E-state index contributed by atoms with van der Waals surface area (Å²) in [7, 11) is 0. The average molecular weight is 336 g/mol. The maximum absolute atomic E-state index is 12.1. The molecule has 116 valence electrons. The zero-order valence-corrected chi connectivity index (χ0v) is 13.9. The molecule has 0 saturated carbocycles. The molecule has 1 unspecified atom stereocenters. The van der Waals surface area contributed by atoms with Crippen molar-refractivity contribution in [3.63, 3.8) is 0 Å². The molecule has 22 heavy (non-hydrogen) atoms. The quantitative estimate of drug-likeness (QED) is 0.758. The highest BCUT2D eigenvalue weighted by Gasteiger charge is 2.14. The number of hydrogen-bond donors (Lipinski definition) is 1. The molecule has 0 aromatic heterocycles. The summed E-state index contributed by atoms with van der Waals surface area (Å²) in [6.45, 7) is 2.44. The second-order valence-corrected chi connectivity index (χ2v) is 6.50. The molecule has 0 radical (unpaired) electrons. The molecule has 3 nitrogen and oxygen atoms in total. The highest BCUT2D eigenvalue weighted by atomic mass is 35.5. The van der Waals surface area contributed by atoms with E-state index in [1.165, 1.54) is 0 Å². The first-order chi connectivity index (χ1) is 10.7. The molecule has 0 aliphatic carbocycles. The Morgan fingerprint density at radius 3 is 2.59 bits per heavy atom. The highest BCUT2D eigenvalue weighted by Crippen LogP contribution is 2.22. The molecule has 0 bridgehead atoms. The number of nitrogens with one attached hydrogen (secondary N) is 1. The Morgan fingerprint density at radius 1 is 1.18 bits per heavy atom. The molecule has 0 saturated heterocycles. The average Bonchev–Trinajstić information content (AvgIpc) is 2.54. The van der Waals surface area contributed by atoms with Crippen LogP contribution in [0.15, 0.2) is 54.6 Å². The zero-order valence-electron chi connectivity index (χ0n) is 12.3. The fraction of sp³-hybridized carbons (Fsp3) is 0.235. The van der Waals surface area contributed by atoms with Crippen LogP contribution < -0.4 is 10.1 Å². The van der Waals surface area contributed by atoms with Crippen LogP contribution in [0, 0.1) is 0 Å². The highest BCUT2D eigenvalue weighted by molar-refractivity contribution is 8.00. The number of ether oxygens (including phenoxy) is 1. The first kappa shape index (κ1) is 16.7. The van der Waals surface area contributed by atoms with Gasteiger partial charge in [0.2, 0.25) is 5.91 Å². The van der Waals surface area contributed by atoms with Crippen molar-refractivity contribution in [3.05, 3.63) is 59.6 Å². The van der Waals surface area contributed by atoms with Gasteiger partial charge in [-0.15, -0.1) is 11.8 Å². The van der Waals surface area contributed by atoms with E-state index in [1.807, 2.05) is 49.4 Å². The van der Waals surface area contributed by atoms with Crippen molar-refractivity contribution in [1.82, 2.24) is 0 Å². The van der Waals surface area contributed by atoms with Gasteiger partial charge in [-0.1, -0.05) is 41.9 Å². The Kier molecular flexibility index (Phi) is 6.62. The molecule has 0 aliphatic heterocycles. The summed E-state index contributed by atoms with van der Waals surface area (Å²) in [5, 5.41) is 3.21. The third kappa shape index (κ3) is 5.28. The third-order valence-electron chi connectivity index (χ3n) is 2.96. The molecule has 0 fully saturated rings. The number of carbonyl (C=O) groups excluding carboxylic acids is 1. The number of anilines is 1. The minimum atomic E-state index is -0.171. The van der Waals surface area contributed by atoms with E-state index >= 15 is 0 Å². The van der Waals surface area contributed by atoms with Crippen LogP contribution in [0.3, 0.4) is 0 Å². The lowest BCUT2D eigenvalue weighted by Crippen LogP contribution is -2.23. The number of hydrogen-bond acceptors (Lipinski definition) is 3. The Labute approximate surface area is 140 Å². The number of rotatable bonds is 7. The van der Waals surface area contributed by atoms with Crippen LogP contribution in [0.25, 0.3) is 0 Å². The van der Waals surface area contributed by atoms with Gasteiger partial charge in [0.1, 0.15) is 5.75 Å². The first-order valence-corrected chi connectivity index (χ1v) is 8.44. The fourth-order valence-corrected chi connectivity index (χ4v) is 2.70. The lowest BCUT2D eigenvalue weighted by molar-refractivity contribution is -0.115. The van der Waals surface area contributed by atoms with Crippen molar-refractivity contribution in [2.75, 3.05) is 17.7 Å². The van der Waals surface area contributed by atoms with Crippen LogP contribution in [0.4, 0.5) is 5.69 Å². The van der Waals surface area contributed by atoms with Gasteiger partial charge < -0.3 is 10.1 Å². The summed E-state index contributed by atoms with van der Waals surface area (Å²) >= 11 is 7.57. The second-order valence-electron chi connectivity index (χ2n) is 4.64. The number of thioether (sulfide) groups is 1. The standard InChI is InChI=1S/C17H18ClNO2S/c1-13(17(20)19-16-10-6-5-9-15(16)18)22-12-11-21-14-7-3-2-4-8-14/h2-10,13H,11-12H2,1H3,(H,19,20). The Morgan fingerprint density at radius 2 is 1.86 bits per heavy atom. The van der Waals surface area contributed by atoms with Gasteiger partial charge in [0.05, 0.1) is 22.6 Å². The molecule has 2 rings (SSSR count). The van der Waals surface area contributed by atoms with E-state index in [1.54, 1.807) is 23.9 Å². The van der Waals surface area contributed by atoms with E-state index in [0.29, 0.717) is 17.3 Å². The number of para-hydroxylation sites is 2. The number of halogens is 1. The Bertz CT molecular complexity index is 607. The van der Waals surface area contributed by atoms with Crippen LogP contribution in [-0.2, 0) is 4.79 Å². The van der Waals surface area contributed by atoms with Crippen molar-refractivity contribution in [2.24, 2.45) is 0 Å². The number of carbonyl (C=O) groups is 1. The fourth-order valence-electron chi connectivity index (χ4n) is 1.77. The lowest BCUT2D eigenvalue weighted by atomic mass is 10.3. The predicted octanol–water partition coefficient (Wildman–Crippen LogP) is 4.48. The van der Waals surface area contributed by atoms with Gasteiger partial charge in [-0.2, -0.15) is 0 Å². The van der Waals surface area contributed by atoms with Gasteiger partial charge in [0.15, 0.2) is 0 Å². The summed E-state index contributed by atoms with van der Waals surface area (Å²) in [6.07, 6.45) is 0. The summed E-state index contributed by atoms with van der Waals surface area (Å²) in [5.41, 5.74) is 0.641. The van der Waals surface area contributed by atoms with Gasteiger partial charge in [0, 0.05) is 5.75 Å². The van der Waals surface area contributed by atoms with Crippen molar-refractivity contribution in [3.8, 4) is 5.75 Å². The molecule has 5 heteroatoms. The van der Waals surface area contributed by atoms with Crippen LogP contribution in [0.1, 0.15) is 6.92 Å². The van der Waals surface area contributed by atoms with Gasteiger partial charge >= 0.3 is 0 Å². The predicted molar refractivity (Wildman–Crippen MR) is 93.9 cm³/mol. The van der Waals surface area contributed by atoms with Crippen LogP contribution in [-0.4, -0.2) is 23.5 Å². The molecule has 1 atom stereocenters. The molecule has 0 spiro atoms. The molecule has 0 aliphatic rings. The van der Waals surface area contributed by atoms with E-state index in [0.717, 1.165) is 11.5 Å². The van der Waals surface area contributed by atoms with E-state index in [4.69, 9.17) is 16.3 Å². The van der Waals surface area contributed by atoms with Crippen LogP contribution in [0.5, 0.6) is 5.75 Å². The molecule has 0 heterocycles. The van der Waals surface area contributed by atoms with Crippen molar-refractivity contribution >= 4 is 35.0 Å². The molecule has 2 aromatic rings. The maximum atomic E-state index is 12.1. The number of amides is 1. The van der Waals surface area contributed by atoms with Crippen molar-refractivity contribution in [2.45, 2.75) is 12.2 Å². The topological polar surface area (TPSA) is 38.3 Å². The molecular formula is C17H18ClNO2S. The number of benzene rings is 2. The van der Waals surface area contributed by atoms with Crippen molar-refractivity contribution < 1.29 is 9.53 Å². The van der Waals surface area contributed by atoms with E-state index in [-0.39, 0.29) is 11.2 Å². The lowest BCUT2D eigenvalue weighted by Gasteiger charge is -2.13. The second kappa shape index (κ2) is 8.71. The Hall–Kier alpha value is -1.65. The van der Waals surface area contributed by atoms with Crippen LogP contribution in [0.2, 0.25) is 5.02 Å². The molecule has 2 aromatic carbocycles. The molecular weight excluding hydrogens is 318 g/mol. The molecule has 1 N–H and O–H groups in total. The van der Waals surface area contributed by atoms with E-state index in [9.17, 15) is 4.79 Å². The van der Waals surface area contributed by atoms with Crippen LogP contribution >= 0.6 is 23.4 Å².